The predicted molar refractivity (Wildman–Crippen MR) is 50.4 cm³/mol. The molecular formula is C8H17N4O. The summed E-state index contributed by atoms with van der Waals surface area (Å²) in [4.78, 5) is 13.3. The van der Waals surface area contributed by atoms with E-state index in [1.54, 1.807) is 0 Å². The number of hydrogen-bond acceptors (Lipinski definition) is 3. The Morgan fingerprint density at radius 2 is 2.15 bits per heavy atom. The molecule has 1 amide bonds. The molecule has 0 aromatic rings. The Morgan fingerprint density at radius 3 is 2.77 bits per heavy atom. The summed E-state index contributed by atoms with van der Waals surface area (Å²) in [6.07, 6.45) is 0. The average molecular weight is 185 g/mol. The van der Waals surface area contributed by atoms with Gasteiger partial charge in [-0.2, -0.15) is 0 Å². The first-order valence-electron chi connectivity index (χ1n) is 4.66. The summed E-state index contributed by atoms with van der Waals surface area (Å²) in [7, 11) is 0. The van der Waals surface area contributed by atoms with Gasteiger partial charge >= 0.3 is 0 Å². The first-order chi connectivity index (χ1) is 6.34. The van der Waals surface area contributed by atoms with Gasteiger partial charge in [0, 0.05) is 39.3 Å². The Balaban J connectivity index is 2.13. The maximum Gasteiger partial charge on any atom is 0.236 e. The highest BCUT2D eigenvalue weighted by Gasteiger charge is 2.15. The highest BCUT2D eigenvalue weighted by Crippen LogP contribution is 1.92. The molecule has 1 radical (unpaired) electrons. The minimum absolute atomic E-state index is 0.156. The zero-order valence-corrected chi connectivity index (χ0v) is 7.83. The van der Waals surface area contributed by atoms with Crippen molar-refractivity contribution in [1.29, 1.82) is 0 Å². The molecule has 0 bridgehead atoms. The van der Waals surface area contributed by atoms with Crippen LogP contribution in [0.4, 0.5) is 0 Å². The van der Waals surface area contributed by atoms with Crippen LogP contribution in [-0.2, 0) is 4.79 Å². The van der Waals surface area contributed by atoms with Crippen molar-refractivity contribution in [3.8, 4) is 0 Å². The van der Waals surface area contributed by atoms with Gasteiger partial charge in [0.25, 0.3) is 0 Å². The largest absolute Gasteiger partial charge is 0.339 e. The summed E-state index contributed by atoms with van der Waals surface area (Å²) >= 11 is 0. The second-order valence-corrected chi connectivity index (χ2v) is 3.02. The molecule has 1 saturated heterocycles. The molecule has 1 aliphatic rings. The summed E-state index contributed by atoms with van der Waals surface area (Å²) in [5.41, 5.74) is 5.29. The van der Waals surface area contributed by atoms with Gasteiger partial charge in [0.2, 0.25) is 5.91 Å². The average Bonchev–Trinajstić information content (AvgIpc) is 2.19. The molecule has 0 saturated carbocycles. The van der Waals surface area contributed by atoms with E-state index in [-0.39, 0.29) is 5.91 Å². The minimum atomic E-state index is 0.156. The molecule has 1 fully saturated rings. The molecule has 0 aliphatic carbocycles. The fourth-order valence-corrected chi connectivity index (χ4v) is 1.27. The predicted octanol–water partition coefficient (Wildman–Crippen LogP) is -2.02. The zero-order valence-electron chi connectivity index (χ0n) is 7.83. The van der Waals surface area contributed by atoms with Crippen LogP contribution < -0.4 is 16.4 Å². The van der Waals surface area contributed by atoms with E-state index in [2.05, 4.69) is 10.6 Å². The van der Waals surface area contributed by atoms with Crippen LogP contribution in [0, 0.1) is 0 Å². The third-order valence-electron chi connectivity index (χ3n) is 2.01. The van der Waals surface area contributed by atoms with E-state index in [0.29, 0.717) is 19.6 Å². The Morgan fingerprint density at radius 1 is 1.46 bits per heavy atom. The molecule has 1 rings (SSSR count). The lowest BCUT2D eigenvalue weighted by molar-refractivity contribution is -0.130. The van der Waals surface area contributed by atoms with E-state index >= 15 is 0 Å². The number of amides is 1. The Labute approximate surface area is 78.6 Å². The Bertz CT molecular complexity index is 156. The van der Waals surface area contributed by atoms with Crippen molar-refractivity contribution >= 4 is 5.91 Å². The van der Waals surface area contributed by atoms with Crippen molar-refractivity contribution in [2.45, 2.75) is 0 Å². The lowest BCUT2D eigenvalue weighted by Crippen LogP contribution is -2.47. The second kappa shape index (κ2) is 5.90. The van der Waals surface area contributed by atoms with Crippen LogP contribution in [0.2, 0.25) is 0 Å². The van der Waals surface area contributed by atoms with Crippen molar-refractivity contribution in [2.24, 2.45) is 5.73 Å². The molecule has 5 nitrogen and oxygen atoms in total. The number of piperazine rings is 1. The van der Waals surface area contributed by atoms with Gasteiger partial charge in [-0.25, -0.2) is 5.32 Å². The van der Waals surface area contributed by atoms with Crippen LogP contribution >= 0.6 is 0 Å². The topological polar surface area (TPSA) is 72.5 Å². The van der Waals surface area contributed by atoms with Crippen molar-refractivity contribution in [3.05, 3.63) is 0 Å². The molecule has 3 N–H and O–H groups in total. The van der Waals surface area contributed by atoms with Gasteiger partial charge < -0.3 is 16.0 Å². The van der Waals surface area contributed by atoms with Crippen LogP contribution in [0.1, 0.15) is 0 Å². The monoisotopic (exact) mass is 185 g/mol. The van der Waals surface area contributed by atoms with Crippen molar-refractivity contribution in [2.75, 3.05) is 45.8 Å². The number of nitrogens with one attached hydrogen (secondary N) is 1. The molecule has 5 heteroatoms. The van der Waals surface area contributed by atoms with Crippen LogP contribution in [0.5, 0.6) is 0 Å². The van der Waals surface area contributed by atoms with Gasteiger partial charge in [-0.1, -0.05) is 0 Å². The van der Waals surface area contributed by atoms with Gasteiger partial charge in [0.1, 0.15) is 0 Å². The van der Waals surface area contributed by atoms with E-state index in [1.165, 1.54) is 0 Å². The Kier molecular flexibility index (Phi) is 4.74. The van der Waals surface area contributed by atoms with Crippen LogP contribution in [0.25, 0.3) is 0 Å². The van der Waals surface area contributed by atoms with Crippen LogP contribution in [-0.4, -0.2) is 56.6 Å². The van der Waals surface area contributed by atoms with Gasteiger partial charge in [0.15, 0.2) is 0 Å². The molecule has 0 aromatic heterocycles. The standard InChI is InChI=1S/C8H17N4O/c9-1-2-11-7-8(13)12-5-3-10-4-6-12/h11H,1-7,9H2. The third kappa shape index (κ3) is 3.71. The van der Waals surface area contributed by atoms with Crippen LogP contribution in [0.3, 0.4) is 0 Å². The fourth-order valence-electron chi connectivity index (χ4n) is 1.27. The summed E-state index contributed by atoms with van der Waals surface area (Å²) in [6, 6.07) is 0. The second-order valence-electron chi connectivity index (χ2n) is 3.02. The smallest absolute Gasteiger partial charge is 0.236 e. The van der Waals surface area contributed by atoms with Gasteiger partial charge in [-0.15, -0.1) is 0 Å². The first kappa shape index (κ1) is 10.4. The van der Waals surface area contributed by atoms with E-state index < -0.39 is 0 Å². The highest BCUT2D eigenvalue weighted by atomic mass is 16.2. The summed E-state index contributed by atoms with van der Waals surface area (Å²) in [5, 5.41) is 7.16. The minimum Gasteiger partial charge on any atom is -0.339 e. The summed E-state index contributed by atoms with van der Waals surface area (Å²) < 4.78 is 0. The van der Waals surface area contributed by atoms with Gasteiger partial charge in [0.05, 0.1) is 6.54 Å². The van der Waals surface area contributed by atoms with E-state index in [4.69, 9.17) is 5.73 Å². The summed E-state index contributed by atoms with van der Waals surface area (Å²) in [5.74, 6) is 0.156. The number of hydrogen-bond donors (Lipinski definition) is 2. The van der Waals surface area contributed by atoms with Crippen molar-refractivity contribution in [3.63, 3.8) is 0 Å². The molecule has 0 aromatic carbocycles. The quantitative estimate of drug-likeness (QED) is 0.497. The van der Waals surface area contributed by atoms with Gasteiger partial charge in [-0.3, -0.25) is 4.79 Å². The fraction of sp³-hybridized carbons (Fsp3) is 0.875. The molecule has 75 valence electrons. The lowest BCUT2D eigenvalue weighted by atomic mass is 10.3. The van der Waals surface area contributed by atoms with Gasteiger partial charge in [-0.05, 0) is 0 Å². The zero-order chi connectivity index (χ0) is 9.52. The molecule has 13 heavy (non-hydrogen) atoms. The third-order valence-corrected chi connectivity index (χ3v) is 2.01. The van der Waals surface area contributed by atoms with Crippen LogP contribution in [0.15, 0.2) is 0 Å². The number of carbonyl (C=O) groups excluding carboxylic acids is 1. The molecule has 0 spiro atoms. The maximum atomic E-state index is 11.5. The molecule has 1 heterocycles. The van der Waals surface area contributed by atoms with E-state index in [9.17, 15) is 4.79 Å². The first-order valence-corrected chi connectivity index (χ1v) is 4.66. The normalized spacial score (nSPS) is 17.5. The SMILES string of the molecule is NCCNCC(=O)N1CC[N]CC1. The number of nitrogens with two attached hydrogens (primary N) is 1. The van der Waals surface area contributed by atoms with Crippen molar-refractivity contribution < 1.29 is 4.79 Å². The number of nitrogens with zero attached hydrogens (tertiary/aromatic N) is 2. The highest BCUT2D eigenvalue weighted by molar-refractivity contribution is 5.78. The number of carbonyl (C=O) groups is 1. The summed E-state index contributed by atoms with van der Waals surface area (Å²) in [6.45, 7) is 4.77. The van der Waals surface area contributed by atoms with E-state index in [1.807, 2.05) is 4.90 Å². The van der Waals surface area contributed by atoms with Crippen molar-refractivity contribution in [1.82, 2.24) is 15.5 Å². The maximum absolute atomic E-state index is 11.5. The van der Waals surface area contributed by atoms with E-state index in [0.717, 1.165) is 26.2 Å². The lowest BCUT2D eigenvalue weighted by Gasteiger charge is -2.26. The molecule has 0 atom stereocenters. The Hall–Kier alpha value is -0.650. The molecule has 1 aliphatic heterocycles. The molecular weight excluding hydrogens is 168 g/mol. The number of rotatable bonds is 4. The molecule has 0 unspecified atom stereocenters.